The van der Waals surface area contributed by atoms with Gasteiger partial charge in [-0.3, -0.25) is 4.72 Å². The Morgan fingerprint density at radius 2 is 1.95 bits per heavy atom. The largest absolute Gasteiger partial charge is 0.326 e. The molecule has 0 aliphatic carbocycles. The third kappa shape index (κ3) is 3.27. The van der Waals surface area contributed by atoms with Gasteiger partial charge < -0.3 is 5.73 Å². The zero-order valence-corrected chi connectivity index (χ0v) is 13.6. The third-order valence-electron chi connectivity index (χ3n) is 2.62. The fourth-order valence-corrected chi connectivity index (χ4v) is 4.30. The minimum atomic E-state index is -3.68. The summed E-state index contributed by atoms with van der Waals surface area (Å²) in [4.78, 5) is 0. The molecule has 3 N–H and O–H groups in total. The van der Waals surface area contributed by atoms with Crippen molar-refractivity contribution >= 4 is 50.2 Å². The lowest BCUT2D eigenvalue weighted by Gasteiger charge is -2.10. The Bertz CT molecular complexity index is 742. The van der Waals surface area contributed by atoms with Gasteiger partial charge in [0, 0.05) is 11.6 Å². The van der Waals surface area contributed by atoms with Gasteiger partial charge in [0.1, 0.15) is 4.21 Å². The normalized spacial score (nSPS) is 11.6. The highest BCUT2D eigenvalue weighted by Crippen LogP contribution is 2.31. The molecule has 0 unspecified atom stereocenters. The summed E-state index contributed by atoms with van der Waals surface area (Å²) in [6.45, 7) is 2.09. The molecule has 0 spiro atoms. The Kier molecular flexibility index (Phi) is 4.61. The van der Waals surface area contributed by atoms with E-state index in [0.29, 0.717) is 16.6 Å². The molecule has 0 aliphatic rings. The topological polar surface area (TPSA) is 72.2 Å². The summed E-state index contributed by atoms with van der Waals surface area (Å²) in [5, 5.41) is 2.45. The van der Waals surface area contributed by atoms with Crippen molar-refractivity contribution in [2.24, 2.45) is 5.73 Å². The van der Waals surface area contributed by atoms with Gasteiger partial charge in [0.15, 0.2) is 0 Å². The predicted molar refractivity (Wildman–Crippen MR) is 84.2 cm³/mol. The first-order valence-corrected chi connectivity index (χ1v) is 8.71. The Morgan fingerprint density at radius 3 is 2.55 bits per heavy atom. The number of aryl methyl sites for hydroxylation is 1. The minimum Gasteiger partial charge on any atom is -0.326 e. The Labute approximate surface area is 131 Å². The lowest BCUT2D eigenvalue weighted by atomic mass is 10.2. The van der Waals surface area contributed by atoms with E-state index in [1.165, 1.54) is 12.1 Å². The van der Waals surface area contributed by atoms with Crippen molar-refractivity contribution in [3.8, 4) is 0 Å². The quantitative estimate of drug-likeness (QED) is 0.884. The number of halogens is 2. The summed E-state index contributed by atoms with van der Waals surface area (Å²) in [5.74, 6) is 0. The number of rotatable bonds is 4. The van der Waals surface area contributed by atoms with Crippen LogP contribution < -0.4 is 10.5 Å². The molecule has 0 bridgehead atoms. The molecule has 1 heterocycles. The van der Waals surface area contributed by atoms with E-state index in [4.69, 9.17) is 28.9 Å². The van der Waals surface area contributed by atoms with Gasteiger partial charge in [0.2, 0.25) is 0 Å². The first-order valence-electron chi connectivity index (χ1n) is 5.59. The molecule has 0 fully saturated rings. The molecule has 0 radical (unpaired) electrons. The molecule has 1 aromatic carbocycles. The van der Waals surface area contributed by atoms with Gasteiger partial charge in [-0.1, -0.05) is 23.2 Å². The molecule has 108 valence electrons. The lowest BCUT2D eigenvalue weighted by molar-refractivity contribution is 0.603. The van der Waals surface area contributed by atoms with E-state index >= 15 is 0 Å². The summed E-state index contributed by atoms with van der Waals surface area (Å²) in [7, 11) is -3.68. The highest BCUT2D eigenvalue weighted by Gasteiger charge is 2.18. The van der Waals surface area contributed by atoms with Crippen molar-refractivity contribution in [1.82, 2.24) is 0 Å². The molecule has 0 saturated heterocycles. The zero-order valence-electron chi connectivity index (χ0n) is 10.5. The Balaban J connectivity index is 2.35. The molecular weight excluding hydrogens is 339 g/mol. The molecule has 2 rings (SSSR count). The number of sulfonamides is 1. The van der Waals surface area contributed by atoms with Crippen molar-refractivity contribution in [2.75, 3.05) is 4.72 Å². The maximum Gasteiger partial charge on any atom is 0.271 e. The molecule has 0 atom stereocenters. The predicted octanol–water partition coefficient (Wildman–Crippen LogP) is 3.62. The monoisotopic (exact) mass is 350 g/mol. The zero-order chi connectivity index (χ0) is 14.9. The van der Waals surface area contributed by atoms with Crippen LogP contribution in [0, 0.1) is 6.92 Å². The van der Waals surface area contributed by atoms with Crippen LogP contribution in [0.4, 0.5) is 5.69 Å². The number of anilines is 1. The van der Waals surface area contributed by atoms with Gasteiger partial charge in [-0.05, 0) is 41.6 Å². The highest BCUT2D eigenvalue weighted by molar-refractivity contribution is 7.94. The van der Waals surface area contributed by atoms with E-state index in [1.807, 2.05) is 0 Å². The first-order chi connectivity index (χ1) is 9.33. The Hall–Kier alpha value is -0.790. The van der Waals surface area contributed by atoms with Crippen LogP contribution >= 0.6 is 34.5 Å². The van der Waals surface area contributed by atoms with Crippen LogP contribution in [0.5, 0.6) is 0 Å². The van der Waals surface area contributed by atoms with Gasteiger partial charge in [0.05, 0.1) is 10.7 Å². The van der Waals surface area contributed by atoms with E-state index in [1.54, 1.807) is 18.4 Å². The molecule has 20 heavy (non-hydrogen) atoms. The summed E-state index contributed by atoms with van der Waals surface area (Å²) in [6, 6.07) is 4.65. The van der Waals surface area contributed by atoms with Gasteiger partial charge >= 0.3 is 0 Å². The van der Waals surface area contributed by atoms with Crippen molar-refractivity contribution in [1.29, 1.82) is 0 Å². The van der Waals surface area contributed by atoms with Crippen LogP contribution in [0.15, 0.2) is 27.8 Å². The van der Waals surface area contributed by atoms with Crippen LogP contribution in [0.25, 0.3) is 0 Å². The summed E-state index contributed by atoms with van der Waals surface area (Å²) in [6.07, 6.45) is 0. The maximum atomic E-state index is 12.2. The average Bonchev–Trinajstić information content (AvgIpc) is 2.85. The molecule has 4 nitrogen and oxygen atoms in total. The van der Waals surface area contributed by atoms with Gasteiger partial charge in [-0.15, -0.1) is 11.3 Å². The van der Waals surface area contributed by atoms with Crippen molar-refractivity contribution in [3.05, 3.63) is 44.8 Å². The second kappa shape index (κ2) is 5.91. The molecule has 1 aromatic heterocycles. The first kappa shape index (κ1) is 15.6. The molecule has 2 aromatic rings. The van der Waals surface area contributed by atoms with Crippen LogP contribution in [0.3, 0.4) is 0 Å². The van der Waals surface area contributed by atoms with Gasteiger partial charge in [-0.2, -0.15) is 0 Å². The smallest absolute Gasteiger partial charge is 0.271 e. The summed E-state index contributed by atoms with van der Waals surface area (Å²) < 4.78 is 27.1. The number of hydrogen-bond acceptors (Lipinski definition) is 4. The van der Waals surface area contributed by atoms with Crippen LogP contribution in [0.1, 0.15) is 11.1 Å². The van der Waals surface area contributed by atoms with Crippen LogP contribution in [0.2, 0.25) is 10.0 Å². The summed E-state index contributed by atoms with van der Waals surface area (Å²) >= 11 is 13.1. The second-order valence-electron chi connectivity index (χ2n) is 4.16. The van der Waals surface area contributed by atoms with E-state index in [2.05, 4.69) is 4.72 Å². The number of nitrogens with two attached hydrogens (primary N) is 1. The molecular formula is C12H12Cl2N2O2S2. The van der Waals surface area contributed by atoms with E-state index in [-0.39, 0.29) is 9.90 Å². The van der Waals surface area contributed by atoms with Gasteiger partial charge in [-0.25, -0.2) is 8.42 Å². The third-order valence-corrected chi connectivity index (χ3v) is 6.20. The number of benzene rings is 1. The van der Waals surface area contributed by atoms with E-state index in [9.17, 15) is 8.42 Å². The fraction of sp³-hybridized carbons (Fsp3) is 0.167. The van der Waals surface area contributed by atoms with Crippen molar-refractivity contribution in [2.45, 2.75) is 17.7 Å². The minimum absolute atomic E-state index is 0.186. The number of hydrogen-bond donors (Lipinski definition) is 2. The number of thiophene rings is 1. The van der Waals surface area contributed by atoms with Crippen molar-refractivity contribution in [3.63, 3.8) is 0 Å². The lowest BCUT2D eigenvalue weighted by Crippen LogP contribution is -2.12. The van der Waals surface area contributed by atoms with E-state index in [0.717, 1.165) is 22.5 Å². The molecule has 0 amide bonds. The second-order valence-corrected chi connectivity index (χ2v) is 7.80. The highest BCUT2D eigenvalue weighted by atomic mass is 35.5. The standard InChI is InChI=1S/C12H12Cl2N2O2S2/c1-7-2-10(14)11(4-9(7)13)16-20(17,18)12-3-8(5-15)6-19-12/h2-4,6,16H,5,15H2,1H3. The fourth-order valence-electron chi connectivity index (χ4n) is 1.52. The summed E-state index contributed by atoms with van der Waals surface area (Å²) in [5.41, 5.74) is 7.27. The van der Waals surface area contributed by atoms with Gasteiger partial charge in [0.25, 0.3) is 10.0 Å². The van der Waals surface area contributed by atoms with Crippen LogP contribution in [-0.2, 0) is 16.6 Å². The SMILES string of the molecule is Cc1cc(Cl)c(NS(=O)(=O)c2cc(CN)cs2)cc1Cl. The number of nitrogens with one attached hydrogen (secondary N) is 1. The average molecular weight is 351 g/mol. The van der Waals surface area contributed by atoms with E-state index < -0.39 is 10.0 Å². The molecule has 0 saturated carbocycles. The van der Waals surface area contributed by atoms with Crippen LogP contribution in [-0.4, -0.2) is 8.42 Å². The molecule has 0 aliphatic heterocycles. The maximum absolute atomic E-state index is 12.2. The Morgan fingerprint density at radius 1 is 1.25 bits per heavy atom. The van der Waals surface area contributed by atoms with Crippen molar-refractivity contribution < 1.29 is 8.42 Å². The molecule has 8 heteroatoms.